The Labute approximate surface area is 77.8 Å². The van der Waals surface area contributed by atoms with Crippen LogP contribution in [0, 0.1) is 0 Å². The first kappa shape index (κ1) is 9.46. The second-order valence-corrected chi connectivity index (χ2v) is 3.86. The van der Waals surface area contributed by atoms with Crippen LogP contribution in [0.3, 0.4) is 0 Å². The summed E-state index contributed by atoms with van der Waals surface area (Å²) in [6, 6.07) is 7.45. The number of hydrogen-bond acceptors (Lipinski definition) is 2. The number of hydrogen-bond donors (Lipinski definition) is 1. The Morgan fingerprint density at radius 1 is 1.33 bits per heavy atom. The average molecular weight is 182 g/mol. The van der Waals surface area contributed by atoms with Crippen molar-refractivity contribution in [3.05, 3.63) is 29.8 Å². The fourth-order valence-electron chi connectivity index (χ4n) is 1.15. The van der Waals surface area contributed by atoms with Crippen LogP contribution in [0.25, 0.3) is 0 Å². The van der Waals surface area contributed by atoms with Crippen LogP contribution in [0.15, 0.2) is 24.3 Å². The molecule has 1 rings (SSSR count). The molecule has 0 radical (unpaired) electrons. The summed E-state index contributed by atoms with van der Waals surface area (Å²) in [7, 11) is 0. The van der Waals surface area contributed by atoms with E-state index in [9.17, 15) is 0 Å². The Morgan fingerprint density at radius 2 is 1.92 bits per heavy atom. The molecule has 1 nitrogen and oxygen atoms in total. The van der Waals surface area contributed by atoms with Gasteiger partial charge in [0.1, 0.15) is 5.75 Å². The standard InChI is InChI=1S/C10H14OS/c1-8(7-12-2)9-3-5-10(11)6-4-9/h3-6,8,11H,7H2,1-2H3. The highest BCUT2D eigenvalue weighted by Crippen LogP contribution is 2.20. The van der Waals surface area contributed by atoms with Gasteiger partial charge >= 0.3 is 0 Å². The van der Waals surface area contributed by atoms with E-state index in [1.165, 1.54) is 5.56 Å². The van der Waals surface area contributed by atoms with Crippen molar-refractivity contribution in [2.75, 3.05) is 12.0 Å². The van der Waals surface area contributed by atoms with Crippen molar-refractivity contribution in [1.29, 1.82) is 0 Å². The van der Waals surface area contributed by atoms with Crippen molar-refractivity contribution in [2.45, 2.75) is 12.8 Å². The number of thioether (sulfide) groups is 1. The largest absolute Gasteiger partial charge is 0.508 e. The van der Waals surface area contributed by atoms with Crippen molar-refractivity contribution in [2.24, 2.45) is 0 Å². The van der Waals surface area contributed by atoms with Crippen LogP contribution in [0.1, 0.15) is 18.4 Å². The molecule has 0 saturated carbocycles. The zero-order valence-electron chi connectivity index (χ0n) is 7.45. The molecule has 0 bridgehead atoms. The van der Waals surface area contributed by atoms with Gasteiger partial charge in [-0.05, 0) is 35.6 Å². The van der Waals surface area contributed by atoms with Gasteiger partial charge in [0.25, 0.3) is 0 Å². The zero-order valence-corrected chi connectivity index (χ0v) is 8.27. The van der Waals surface area contributed by atoms with Gasteiger partial charge in [0.15, 0.2) is 0 Å². The number of phenols is 1. The predicted octanol–water partition coefficient (Wildman–Crippen LogP) is 2.86. The van der Waals surface area contributed by atoms with Gasteiger partial charge in [0, 0.05) is 0 Å². The zero-order chi connectivity index (χ0) is 8.97. The summed E-state index contributed by atoms with van der Waals surface area (Å²) in [6.45, 7) is 2.20. The fourth-order valence-corrected chi connectivity index (χ4v) is 1.84. The maximum atomic E-state index is 9.06. The van der Waals surface area contributed by atoms with Gasteiger partial charge in [-0.1, -0.05) is 19.1 Å². The Morgan fingerprint density at radius 3 is 2.42 bits per heavy atom. The molecular weight excluding hydrogens is 168 g/mol. The number of aromatic hydroxyl groups is 1. The third kappa shape index (κ3) is 2.45. The average Bonchev–Trinajstić information content (AvgIpc) is 2.06. The predicted molar refractivity (Wildman–Crippen MR) is 54.9 cm³/mol. The fraction of sp³-hybridized carbons (Fsp3) is 0.400. The van der Waals surface area contributed by atoms with Crippen molar-refractivity contribution in [3.8, 4) is 5.75 Å². The maximum absolute atomic E-state index is 9.06. The lowest BCUT2D eigenvalue weighted by molar-refractivity contribution is 0.475. The van der Waals surface area contributed by atoms with E-state index in [1.54, 1.807) is 12.1 Å². The molecule has 0 aliphatic rings. The van der Waals surface area contributed by atoms with Crippen molar-refractivity contribution in [1.82, 2.24) is 0 Å². The molecule has 2 heteroatoms. The minimum atomic E-state index is 0.343. The number of phenolic OH excluding ortho intramolecular Hbond substituents is 1. The van der Waals surface area contributed by atoms with Gasteiger partial charge in [-0.3, -0.25) is 0 Å². The molecule has 1 aromatic carbocycles. The van der Waals surface area contributed by atoms with E-state index in [1.807, 2.05) is 23.9 Å². The monoisotopic (exact) mass is 182 g/mol. The van der Waals surface area contributed by atoms with Crippen LogP contribution in [0.5, 0.6) is 5.75 Å². The molecule has 0 amide bonds. The Hall–Kier alpha value is -0.630. The minimum Gasteiger partial charge on any atom is -0.508 e. The molecular formula is C10H14OS. The van der Waals surface area contributed by atoms with Crippen molar-refractivity contribution in [3.63, 3.8) is 0 Å². The Bertz CT molecular complexity index is 230. The highest BCUT2D eigenvalue weighted by atomic mass is 32.2. The molecule has 1 atom stereocenters. The minimum absolute atomic E-state index is 0.343. The van der Waals surface area contributed by atoms with E-state index in [2.05, 4.69) is 13.2 Å². The van der Waals surface area contributed by atoms with Crippen LogP contribution in [0.2, 0.25) is 0 Å². The van der Waals surface area contributed by atoms with E-state index in [-0.39, 0.29) is 0 Å². The van der Waals surface area contributed by atoms with Crippen LogP contribution >= 0.6 is 11.8 Å². The molecule has 66 valence electrons. The number of rotatable bonds is 3. The first-order valence-electron chi connectivity index (χ1n) is 4.02. The topological polar surface area (TPSA) is 20.2 Å². The summed E-state index contributed by atoms with van der Waals surface area (Å²) in [5.41, 5.74) is 1.29. The van der Waals surface area contributed by atoms with Gasteiger partial charge in [0.05, 0.1) is 0 Å². The molecule has 0 aliphatic carbocycles. The van der Waals surface area contributed by atoms with Crippen LogP contribution < -0.4 is 0 Å². The molecule has 0 heterocycles. The molecule has 0 spiro atoms. The molecule has 1 aromatic rings. The molecule has 0 fully saturated rings. The van der Waals surface area contributed by atoms with Gasteiger partial charge in [0.2, 0.25) is 0 Å². The third-order valence-corrected chi connectivity index (χ3v) is 2.71. The van der Waals surface area contributed by atoms with E-state index in [0.717, 1.165) is 5.75 Å². The van der Waals surface area contributed by atoms with Crippen molar-refractivity contribution < 1.29 is 5.11 Å². The third-order valence-electron chi connectivity index (χ3n) is 1.88. The lowest BCUT2D eigenvalue weighted by Crippen LogP contribution is -1.95. The summed E-state index contributed by atoms with van der Waals surface area (Å²) in [5.74, 6) is 2.04. The van der Waals surface area contributed by atoms with Crippen LogP contribution in [0.4, 0.5) is 0 Å². The van der Waals surface area contributed by atoms with Gasteiger partial charge in [-0.15, -0.1) is 0 Å². The quantitative estimate of drug-likeness (QED) is 0.775. The van der Waals surface area contributed by atoms with Gasteiger partial charge < -0.3 is 5.11 Å². The summed E-state index contributed by atoms with van der Waals surface area (Å²) in [6.07, 6.45) is 2.11. The van der Waals surface area contributed by atoms with E-state index < -0.39 is 0 Å². The van der Waals surface area contributed by atoms with E-state index in [0.29, 0.717) is 11.7 Å². The van der Waals surface area contributed by atoms with E-state index in [4.69, 9.17) is 5.11 Å². The van der Waals surface area contributed by atoms with Crippen LogP contribution in [-0.2, 0) is 0 Å². The summed E-state index contributed by atoms with van der Waals surface area (Å²) < 4.78 is 0. The molecule has 0 aliphatic heterocycles. The second-order valence-electron chi connectivity index (χ2n) is 2.95. The highest BCUT2D eigenvalue weighted by molar-refractivity contribution is 7.98. The first-order chi connectivity index (χ1) is 5.74. The molecule has 0 saturated heterocycles. The summed E-state index contributed by atoms with van der Waals surface area (Å²) in [5, 5.41) is 9.06. The normalized spacial score (nSPS) is 12.8. The lowest BCUT2D eigenvalue weighted by atomic mass is 10.0. The maximum Gasteiger partial charge on any atom is 0.115 e. The molecule has 1 N–H and O–H groups in total. The molecule has 0 aromatic heterocycles. The first-order valence-corrected chi connectivity index (χ1v) is 5.41. The summed E-state index contributed by atoms with van der Waals surface area (Å²) in [4.78, 5) is 0. The SMILES string of the molecule is CSCC(C)c1ccc(O)cc1. The number of benzene rings is 1. The molecule has 1 unspecified atom stereocenters. The highest BCUT2D eigenvalue weighted by Gasteiger charge is 2.03. The second kappa shape index (κ2) is 4.41. The van der Waals surface area contributed by atoms with Gasteiger partial charge in [-0.2, -0.15) is 11.8 Å². The molecule has 12 heavy (non-hydrogen) atoms. The lowest BCUT2D eigenvalue weighted by Gasteiger charge is -2.09. The van der Waals surface area contributed by atoms with Gasteiger partial charge in [-0.25, -0.2) is 0 Å². The van der Waals surface area contributed by atoms with Crippen LogP contribution in [-0.4, -0.2) is 17.1 Å². The van der Waals surface area contributed by atoms with E-state index >= 15 is 0 Å². The Balaban J connectivity index is 2.68. The Kier molecular flexibility index (Phi) is 3.48. The summed E-state index contributed by atoms with van der Waals surface area (Å²) >= 11 is 1.85. The van der Waals surface area contributed by atoms with Crippen molar-refractivity contribution >= 4 is 11.8 Å². The smallest absolute Gasteiger partial charge is 0.115 e.